The second-order valence-electron chi connectivity index (χ2n) is 3.28. The highest BCUT2D eigenvalue weighted by Gasteiger charge is 2.18. The molecule has 1 N–H and O–H groups in total. The van der Waals surface area contributed by atoms with Gasteiger partial charge in [0, 0.05) is 10.6 Å². The van der Waals surface area contributed by atoms with Crippen molar-refractivity contribution >= 4 is 22.9 Å². The number of hydrogen-bond acceptors (Lipinski definition) is 3. The summed E-state index contributed by atoms with van der Waals surface area (Å²) in [6, 6.07) is 9.10. The van der Waals surface area contributed by atoms with Crippen molar-refractivity contribution in [2.45, 2.75) is 6.10 Å². The summed E-state index contributed by atoms with van der Waals surface area (Å²) >= 11 is 7.49. The minimum absolute atomic E-state index is 0.561. The number of benzene rings is 1. The first kappa shape index (κ1) is 11.5. The second kappa shape index (κ2) is 4.87. The Labute approximate surface area is 103 Å². The molecule has 0 aliphatic heterocycles. The van der Waals surface area contributed by atoms with Gasteiger partial charge in [0.25, 0.3) is 0 Å². The lowest BCUT2D eigenvalue weighted by Crippen LogP contribution is -1.99. The summed E-state index contributed by atoms with van der Waals surface area (Å²) in [5.41, 5.74) is 0.699. The monoisotopic (exact) mass is 254 g/mol. The summed E-state index contributed by atoms with van der Waals surface area (Å²) in [6.07, 6.45) is -0.733. The largest absolute Gasteiger partial charge is 0.495 e. The van der Waals surface area contributed by atoms with Crippen molar-refractivity contribution in [3.8, 4) is 5.75 Å². The van der Waals surface area contributed by atoms with Gasteiger partial charge in [-0.15, -0.1) is 11.3 Å². The first-order valence-electron chi connectivity index (χ1n) is 4.78. The van der Waals surface area contributed by atoms with Crippen LogP contribution in [0.15, 0.2) is 35.7 Å². The van der Waals surface area contributed by atoms with Crippen LogP contribution in [0.3, 0.4) is 0 Å². The third kappa shape index (κ3) is 2.07. The number of aliphatic hydroxyl groups excluding tert-OH is 1. The summed E-state index contributed by atoms with van der Waals surface area (Å²) in [7, 11) is 1.59. The molecule has 0 spiro atoms. The molecule has 1 atom stereocenters. The van der Waals surface area contributed by atoms with E-state index < -0.39 is 6.10 Å². The van der Waals surface area contributed by atoms with E-state index in [1.165, 1.54) is 11.3 Å². The standard InChI is InChI=1S/C12H11ClO2S/c1-15-10-6-7-16-12(10)11(14)8-4-2-3-5-9(8)13/h2-7,11,14H,1H3. The summed E-state index contributed by atoms with van der Waals surface area (Å²) in [4.78, 5) is 0.774. The average molecular weight is 255 g/mol. The molecule has 2 nitrogen and oxygen atoms in total. The quantitative estimate of drug-likeness (QED) is 0.909. The Morgan fingerprint density at radius 1 is 1.31 bits per heavy atom. The number of rotatable bonds is 3. The third-order valence-corrected chi connectivity index (χ3v) is 3.62. The molecular weight excluding hydrogens is 244 g/mol. The highest BCUT2D eigenvalue weighted by Crippen LogP contribution is 2.36. The van der Waals surface area contributed by atoms with E-state index >= 15 is 0 Å². The maximum absolute atomic E-state index is 10.2. The third-order valence-electron chi connectivity index (χ3n) is 2.33. The molecule has 2 rings (SSSR count). The Bertz CT molecular complexity index is 481. The van der Waals surface area contributed by atoms with Crippen LogP contribution in [-0.4, -0.2) is 12.2 Å². The van der Waals surface area contributed by atoms with E-state index in [0.717, 1.165) is 4.88 Å². The molecule has 0 bridgehead atoms. The van der Waals surface area contributed by atoms with Gasteiger partial charge in [-0.2, -0.15) is 0 Å². The highest BCUT2D eigenvalue weighted by atomic mass is 35.5. The van der Waals surface area contributed by atoms with Crippen LogP contribution >= 0.6 is 22.9 Å². The molecule has 0 aliphatic carbocycles. The van der Waals surface area contributed by atoms with Gasteiger partial charge in [-0.05, 0) is 17.5 Å². The van der Waals surface area contributed by atoms with E-state index in [2.05, 4.69) is 0 Å². The van der Waals surface area contributed by atoms with Gasteiger partial charge in [-0.1, -0.05) is 29.8 Å². The maximum atomic E-state index is 10.2. The Kier molecular flexibility index (Phi) is 3.49. The highest BCUT2D eigenvalue weighted by molar-refractivity contribution is 7.10. The van der Waals surface area contributed by atoms with Crippen LogP contribution in [0.2, 0.25) is 5.02 Å². The van der Waals surface area contributed by atoms with Gasteiger partial charge in [0.1, 0.15) is 11.9 Å². The fraction of sp³-hybridized carbons (Fsp3) is 0.167. The topological polar surface area (TPSA) is 29.5 Å². The Morgan fingerprint density at radius 3 is 2.75 bits per heavy atom. The summed E-state index contributed by atoms with van der Waals surface area (Å²) in [5.74, 6) is 0.692. The van der Waals surface area contributed by atoms with Crippen LogP contribution in [0, 0.1) is 0 Å². The molecule has 1 heterocycles. The number of halogens is 1. The van der Waals surface area contributed by atoms with Crippen LogP contribution in [0.25, 0.3) is 0 Å². The molecular formula is C12H11ClO2S. The molecule has 0 fully saturated rings. The van der Waals surface area contributed by atoms with Crippen LogP contribution in [0.5, 0.6) is 5.75 Å². The van der Waals surface area contributed by atoms with Crippen molar-refractivity contribution in [2.75, 3.05) is 7.11 Å². The zero-order valence-corrected chi connectivity index (χ0v) is 10.3. The number of thiophene rings is 1. The molecule has 0 saturated carbocycles. The molecule has 1 unspecified atom stereocenters. The summed E-state index contributed by atoms with van der Waals surface area (Å²) in [5, 5.41) is 12.7. The van der Waals surface area contributed by atoms with E-state index in [-0.39, 0.29) is 0 Å². The molecule has 1 aromatic carbocycles. The van der Waals surface area contributed by atoms with Gasteiger partial charge in [0.2, 0.25) is 0 Å². The van der Waals surface area contributed by atoms with E-state index in [0.29, 0.717) is 16.3 Å². The zero-order valence-electron chi connectivity index (χ0n) is 8.68. The molecule has 0 amide bonds. The minimum atomic E-state index is -0.733. The van der Waals surface area contributed by atoms with E-state index in [4.69, 9.17) is 16.3 Å². The van der Waals surface area contributed by atoms with Crippen molar-refractivity contribution in [1.82, 2.24) is 0 Å². The van der Waals surface area contributed by atoms with E-state index in [9.17, 15) is 5.11 Å². The van der Waals surface area contributed by atoms with Crippen LogP contribution in [0.1, 0.15) is 16.5 Å². The second-order valence-corrected chi connectivity index (χ2v) is 4.63. The molecule has 1 aromatic heterocycles. The molecule has 84 valence electrons. The Balaban J connectivity index is 2.39. The van der Waals surface area contributed by atoms with Gasteiger partial charge >= 0.3 is 0 Å². The predicted octanol–water partition coefficient (Wildman–Crippen LogP) is 3.49. The van der Waals surface area contributed by atoms with Gasteiger partial charge in [0.15, 0.2) is 0 Å². The molecule has 4 heteroatoms. The summed E-state index contributed by atoms with van der Waals surface area (Å²) in [6.45, 7) is 0. The maximum Gasteiger partial charge on any atom is 0.135 e. The Morgan fingerprint density at radius 2 is 2.06 bits per heavy atom. The predicted molar refractivity (Wildman–Crippen MR) is 66.4 cm³/mol. The molecule has 0 aliphatic rings. The number of aliphatic hydroxyl groups is 1. The lowest BCUT2D eigenvalue weighted by molar-refractivity contribution is 0.219. The van der Waals surface area contributed by atoms with Gasteiger partial charge in [-0.3, -0.25) is 0 Å². The van der Waals surface area contributed by atoms with Crippen LogP contribution in [0.4, 0.5) is 0 Å². The summed E-state index contributed by atoms with van der Waals surface area (Å²) < 4.78 is 5.18. The van der Waals surface area contributed by atoms with Crippen molar-refractivity contribution < 1.29 is 9.84 Å². The minimum Gasteiger partial charge on any atom is -0.495 e. The number of methoxy groups -OCH3 is 1. The van der Waals surface area contributed by atoms with E-state index in [1.54, 1.807) is 13.2 Å². The molecule has 0 saturated heterocycles. The molecule has 16 heavy (non-hydrogen) atoms. The Hall–Kier alpha value is -1.03. The SMILES string of the molecule is COc1ccsc1C(O)c1ccccc1Cl. The smallest absolute Gasteiger partial charge is 0.135 e. The van der Waals surface area contributed by atoms with Crippen molar-refractivity contribution in [3.63, 3.8) is 0 Å². The van der Waals surface area contributed by atoms with Gasteiger partial charge < -0.3 is 9.84 Å². The van der Waals surface area contributed by atoms with E-state index in [1.807, 2.05) is 29.6 Å². The van der Waals surface area contributed by atoms with Gasteiger partial charge in [0.05, 0.1) is 12.0 Å². The average Bonchev–Trinajstić information content (AvgIpc) is 2.77. The van der Waals surface area contributed by atoms with Crippen LogP contribution in [-0.2, 0) is 0 Å². The number of hydrogen-bond donors (Lipinski definition) is 1. The first-order valence-corrected chi connectivity index (χ1v) is 6.03. The fourth-order valence-corrected chi connectivity index (χ4v) is 2.62. The first-order chi connectivity index (χ1) is 7.74. The molecule has 0 radical (unpaired) electrons. The zero-order chi connectivity index (χ0) is 11.5. The van der Waals surface area contributed by atoms with Gasteiger partial charge in [-0.25, -0.2) is 0 Å². The lowest BCUT2D eigenvalue weighted by Gasteiger charge is -2.12. The molecule has 2 aromatic rings. The van der Waals surface area contributed by atoms with Crippen LogP contribution < -0.4 is 4.74 Å². The number of ether oxygens (including phenoxy) is 1. The van der Waals surface area contributed by atoms with Crippen molar-refractivity contribution in [3.05, 3.63) is 51.2 Å². The van der Waals surface area contributed by atoms with Crippen molar-refractivity contribution in [2.24, 2.45) is 0 Å². The fourth-order valence-electron chi connectivity index (χ4n) is 1.52. The lowest BCUT2D eigenvalue weighted by atomic mass is 10.1. The normalized spacial score (nSPS) is 12.4. The van der Waals surface area contributed by atoms with Crippen molar-refractivity contribution in [1.29, 1.82) is 0 Å².